The van der Waals surface area contributed by atoms with Crippen LogP contribution >= 0.6 is 0 Å². The maximum Gasteiger partial charge on any atom is 0.375 e. The first-order valence-corrected chi connectivity index (χ1v) is 5.57. The number of hydrogen-bond acceptors (Lipinski definition) is 4. The fraction of sp³-hybridized carbons (Fsp3) is 0.308. The molecule has 0 unspecified atom stereocenters. The highest BCUT2D eigenvalue weighted by Gasteiger charge is 2.21. The highest BCUT2D eigenvalue weighted by molar-refractivity contribution is 6.37. The number of ketones is 1. The summed E-state index contributed by atoms with van der Waals surface area (Å²) in [7, 11) is 1.55. The molecule has 18 heavy (non-hydrogen) atoms. The van der Waals surface area contributed by atoms with E-state index < -0.39 is 24.1 Å². The van der Waals surface area contributed by atoms with Crippen LogP contribution in [0.25, 0.3) is 0 Å². The van der Waals surface area contributed by atoms with Crippen LogP contribution in [0.15, 0.2) is 30.3 Å². The SMILES string of the molecule is CCOC(=O)C(=O)CC(=O)N(C)c1ccccc1. The van der Waals surface area contributed by atoms with E-state index in [0.717, 1.165) is 0 Å². The molecule has 0 fully saturated rings. The lowest BCUT2D eigenvalue weighted by Gasteiger charge is -2.16. The molecule has 0 aliphatic heterocycles. The molecule has 96 valence electrons. The van der Waals surface area contributed by atoms with Gasteiger partial charge >= 0.3 is 5.97 Å². The quantitative estimate of drug-likeness (QED) is 0.446. The zero-order valence-corrected chi connectivity index (χ0v) is 10.4. The number of hydrogen-bond donors (Lipinski definition) is 0. The molecule has 5 heteroatoms. The van der Waals surface area contributed by atoms with E-state index in [-0.39, 0.29) is 6.61 Å². The Morgan fingerprint density at radius 3 is 2.33 bits per heavy atom. The number of para-hydroxylation sites is 1. The van der Waals surface area contributed by atoms with Crippen LogP contribution in [0.2, 0.25) is 0 Å². The first-order chi connectivity index (χ1) is 8.56. The first kappa shape index (κ1) is 13.9. The summed E-state index contributed by atoms with van der Waals surface area (Å²) < 4.78 is 4.53. The number of carbonyl (C=O) groups excluding carboxylic acids is 3. The van der Waals surface area contributed by atoms with Crippen molar-refractivity contribution in [1.29, 1.82) is 0 Å². The third-order valence-electron chi connectivity index (χ3n) is 2.33. The van der Waals surface area contributed by atoms with Gasteiger partial charge in [0.05, 0.1) is 13.0 Å². The Kier molecular flexibility index (Phi) is 5.05. The van der Waals surface area contributed by atoms with E-state index in [1.165, 1.54) is 4.90 Å². The molecule has 5 nitrogen and oxygen atoms in total. The molecule has 0 aliphatic rings. The standard InChI is InChI=1S/C13H15NO4/c1-3-18-13(17)11(15)9-12(16)14(2)10-7-5-4-6-8-10/h4-8H,3,9H2,1-2H3. The lowest BCUT2D eigenvalue weighted by Crippen LogP contribution is -2.31. The van der Waals surface area contributed by atoms with Crippen molar-refractivity contribution in [3.05, 3.63) is 30.3 Å². The Hall–Kier alpha value is -2.17. The van der Waals surface area contributed by atoms with Gasteiger partial charge in [0.1, 0.15) is 0 Å². The second kappa shape index (κ2) is 6.54. The van der Waals surface area contributed by atoms with Crippen LogP contribution < -0.4 is 4.90 Å². The van der Waals surface area contributed by atoms with E-state index in [1.807, 2.05) is 6.07 Å². The molecule has 1 aromatic rings. The number of Topliss-reactive ketones (excluding diaryl/α,β-unsaturated/α-hetero) is 1. The second-order valence-corrected chi connectivity index (χ2v) is 3.61. The summed E-state index contributed by atoms with van der Waals surface area (Å²) in [6, 6.07) is 8.88. The summed E-state index contributed by atoms with van der Waals surface area (Å²) in [6.45, 7) is 1.72. The highest BCUT2D eigenvalue weighted by atomic mass is 16.5. The molecule has 0 radical (unpaired) electrons. The van der Waals surface area contributed by atoms with Crippen LogP contribution in [0, 0.1) is 0 Å². The van der Waals surface area contributed by atoms with Gasteiger partial charge in [0.15, 0.2) is 0 Å². The number of esters is 1. The Bertz CT molecular complexity index is 442. The maximum atomic E-state index is 11.8. The molecule has 1 rings (SSSR count). The smallest absolute Gasteiger partial charge is 0.375 e. The molecule has 0 aromatic heterocycles. The minimum Gasteiger partial charge on any atom is -0.460 e. The van der Waals surface area contributed by atoms with E-state index in [9.17, 15) is 14.4 Å². The molecule has 0 saturated heterocycles. The van der Waals surface area contributed by atoms with E-state index in [2.05, 4.69) is 4.74 Å². The van der Waals surface area contributed by atoms with E-state index in [0.29, 0.717) is 5.69 Å². The van der Waals surface area contributed by atoms with Crippen molar-refractivity contribution in [3.8, 4) is 0 Å². The normalized spacial score (nSPS) is 9.67. The Balaban J connectivity index is 2.61. The summed E-state index contributed by atoms with van der Waals surface area (Å²) in [4.78, 5) is 35.5. The Morgan fingerprint density at radius 2 is 1.78 bits per heavy atom. The Labute approximate surface area is 105 Å². The predicted octanol–water partition coefficient (Wildman–Crippen LogP) is 1.17. The van der Waals surface area contributed by atoms with Gasteiger partial charge in [-0.05, 0) is 19.1 Å². The Morgan fingerprint density at radius 1 is 1.17 bits per heavy atom. The van der Waals surface area contributed by atoms with Crippen LogP contribution in [-0.2, 0) is 19.1 Å². The molecule has 0 bridgehead atoms. The lowest BCUT2D eigenvalue weighted by molar-refractivity contribution is -0.154. The van der Waals surface area contributed by atoms with E-state index in [4.69, 9.17) is 0 Å². The van der Waals surface area contributed by atoms with Gasteiger partial charge in [-0.2, -0.15) is 0 Å². The summed E-state index contributed by atoms with van der Waals surface area (Å²) in [6.07, 6.45) is -0.482. The lowest BCUT2D eigenvalue weighted by atomic mass is 10.2. The summed E-state index contributed by atoms with van der Waals surface area (Å²) in [5, 5.41) is 0. The van der Waals surface area contributed by atoms with Gasteiger partial charge in [-0.25, -0.2) is 4.79 Å². The topological polar surface area (TPSA) is 63.7 Å². The van der Waals surface area contributed by atoms with Crippen LogP contribution in [0.3, 0.4) is 0 Å². The van der Waals surface area contributed by atoms with Crippen LogP contribution in [-0.4, -0.2) is 31.3 Å². The van der Waals surface area contributed by atoms with Crippen LogP contribution in [0.4, 0.5) is 5.69 Å². The minimum atomic E-state index is -0.965. The average Bonchev–Trinajstić information content (AvgIpc) is 2.39. The fourth-order valence-electron chi connectivity index (χ4n) is 1.34. The third kappa shape index (κ3) is 3.69. The van der Waals surface area contributed by atoms with Crippen LogP contribution in [0.1, 0.15) is 13.3 Å². The predicted molar refractivity (Wildman–Crippen MR) is 66.1 cm³/mol. The van der Waals surface area contributed by atoms with E-state index in [1.54, 1.807) is 38.2 Å². The molecule has 0 saturated carbocycles. The number of anilines is 1. The number of rotatable bonds is 5. The molecule has 0 N–H and O–H groups in total. The molecule has 1 amide bonds. The molecule has 0 heterocycles. The monoisotopic (exact) mass is 249 g/mol. The first-order valence-electron chi connectivity index (χ1n) is 5.57. The van der Waals surface area contributed by atoms with Crippen molar-refractivity contribution in [1.82, 2.24) is 0 Å². The summed E-state index contributed by atoms with van der Waals surface area (Å²) in [5.41, 5.74) is 0.666. The zero-order valence-electron chi connectivity index (χ0n) is 10.4. The number of nitrogens with zero attached hydrogens (tertiary/aromatic N) is 1. The molecule has 0 spiro atoms. The van der Waals surface area contributed by atoms with Crippen LogP contribution in [0.5, 0.6) is 0 Å². The van der Waals surface area contributed by atoms with Crippen molar-refractivity contribution in [2.24, 2.45) is 0 Å². The third-order valence-corrected chi connectivity index (χ3v) is 2.33. The second-order valence-electron chi connectivity index (χ2n) is 3.61. The van der Waals surface area contributed by atoms with Gasteiger partial charge in [-0.3, -0.25) is 9.59 Å². The number of carbonyl (C=O) groups is 3. The van der Waals surface area contributed by atoms with Gasteiger partial charge < -0.3 is 9.64 Å². The summed E-state index contributed by atoms with van der Waals surface area (Å²) >= 11 is 0. The largest absolute Gasteiger partial charge is 0.460 e. The molecule has 0 atom stereocenters. The van der Waals surface area contributed by atoms with Gasteiger partial charge in [0.2, 0.25) is 11.7 Å². The van der Waals surface area contributed by atoms with Crippen molar-refractivity contribution in [2.75, 3.05) is 18.6 Å². The van der Waals surface area contributed by atoms with Crippen molar-refractivity contribution >= 4 is 23.3 Å². The number of benzene rings is 1. The van der Waals surface area contributed by atoms with Gasteiger partial charge in [0.25, 0.3) is 0 Å². The average molecular weight is 249 g/mol. The summed E-state index contributed by atoms with van der Waals surface area (Å²) in [5.74, 6) is -2.24. The molecule has 0 aliphatic carbocycles. The van der Waals surface area contributed by atoms with Crippen molar-refractivity contribution in [3.63, 3.8) is 0 Å². The minimum absolute atomic E-state index is 0.118. The molecule has 1 aromatic carbocycles. The van der Waals surface area contributed by atoms with Gasteiger partial charge in [-0.1, -0.05) is 18.2 Å². The van der Waals surface area contributed by atoms with Crippen molar-refractivity contribution in [2.45, 2.75) is 13.3 Å². The van der Waals surface area contributed by atoms with E-state index >= 15 is 0 Å². The molecular weight excluding hydrogens is 234 g/mol. The zero-order chi connectivity index (χ0) is 13.5. The highest BCUT2D eigenvalue weighted by Crippen LogP contribution is 2.12. The van der Waals surface area contributed by atoms with Gasteiger partial charge in [0, 0.05) is 12.7 Å². The maximum absolute atomic E-state index is 11.8. The van der Waals surface area contributed by atoms with Gasteiger partial charge in [-0.15, -0.1) is 0 Å². The number of amides is 1. The molecular formula is C13H15NO4. The fourth-order valence-corrected chi connectivity index (χ4v) is 1.34. The van der Waals surface area contributed by atoms with Crippen molar-refractivity contribution < 1.29 is 19.1 Å². The number of ether oxygens (including phenoxy) is 1.